The van der Waals surface area contributed by atoms with Crippen LogP contribution in [0.25, 0.3) is 0 Å². The maximum absolute atomic E-state index is 10.9. The molecule has 0 aromatic heterocycles. The first-order valence-corrected chi connectivity index (χ1v) is 6.17. The van der Waals surface area contributed by atoms with Crippen LogP contribution in [-0.2, 0) is 22.0 Å². The Labute approximate surface area is 119 Å². The van der Waals surface area contributed by atoms with Gasteiger partial charge in [-0.1, -0.05) is 30.3 Å². The molecule has 1 aromatic carbocycles. The summed E-state index contributed by atoms with van der Waals surface area (Å²) >= 11 is 0. The van der Waals surface area contributed by atoms with Gasteiger partial charge in [0.25, 0.3) is 0 Å². The summed E-state index contributed by atoms with van der Waals surface area (Å²) in [6.45, 7) is 0.826. The second-order valence-corrected chi connectivity index (χ2v) is 5.42. The van der Waals surface area contributed by atoms with Gasteiger partial charge in [0, 0.05) is 0 Å². The molecule has 0 atom stereocenters. The summed E-state index contributed by atoms with van der Waals surface area (Å²) in [5, 5.41) is 0. The normalized spacial score (nSPS) is 16.8. The van der Waals surface area contributed by atoms with Crippen molar-refractivity contribution in [2.24, 2.45) is 0 Å². The zero-order valence-electron chi connectivity index (χ0n) is 8.39. The Kier molecular flexibility index (Phi) is 5.47. The summed E-state index contributed by atoms with van der Waals surface area (Å²) < 4.78 is 26.7. The SMILES string of the molecule is O=[SH](=O)C1(COCc2ccccc2)CC1.[NaH]. The van der Waals surface area contributed by atoms with Crippen molar-refractivity contribution < 1.29 is 13.2 Å². The third kappa shape index (κ3) is 3.57. The first kappa shape index (κ1) is 14.2. The summed E-state index contributed by atoms with van der Waals surface area (Å²) in [5.41, 5.74) is 1.08. The summed E-state index contributed by atoms with van der Waals surface area (Å²) in [5.74, 6) is 0. The van der Waals surface area contributed by atoms with Crippen LogP contribution in [0.2, 0.25) is 0 Å². The van der Waals surface area contributed by atoms with Crippen LogP contribution >= 0.6 is 0 Å². The Bertz CT molecular complexity index is 391. The maximum atomic E-state index is 10.9. The molecule has 0 bridgehead atoms. The molecule has 0 aliphatic heterocycles. The third-order valence-corrected chi connectivity index (χ3v) is 4.05. The fourth-order valence-electron chi connectivity index (χ4n) is 1.46. The van der Waals surface area contributed by atoms with Crippen molar-refractivity contribution in [2.75, 3.05) is 6.61 Å². The van der Waals surface area contributed by atoms with Gasteiger partial charge < -0.3 is 4.74 Å². The number of hydrogen-bond donors (Lipinski definition) is 1. The van der Waals surface area contributed by atoms with Gasteiger partial charge in [0.2, 0.25) is 0 Å². The van der Waals surface area contributed by atoms with Gasteiger partial charge in [-0.2, -0.15) is 0 Å². The molecule has 84 valence electrons. The number of thiol groups is 1. The number of rotatable bonds is 5. The van der Waals surface area contributed by atoms with E-state index in [0.29, 0.717) is 13.2 Å². The van der Waals surface area contributed by atoms with E-state index < -0.39 is 15.5 Å². The molecule has 0 radical (unpaired) electrons. The monoisotopic (exact) mass is 250 g/mol. The zero-order chi connectivity index (χ0) is 10.7. The van der Waals surface area contributed by atoms with Crippen LogP contribution in [0.5, 0.6) is 0 Å². The predicted octanol–water partition coefficient (Wildman–Crippen LogP) is 0.699. The first-order valence-electron chi connectivity index (χ1n) is 4.99. The van der Waals surface area contributed by atoms with Crippen molar-refractivity contribution in [3.63, 3.8) is 0 Å². The van der Waals surface area contributed by atoms with Crippen LogP contribution in [0, 0.1) is 0 Å². The average molecular weight is 250 g/mol. The van der Waals surface area contributed by atoms with Crippen LogP contribution in [0.1, 0.15) is 18.4 Å². The molecule has 16 heavy (non-hydrogen) atoms. The van der Waals surface area contributed by atoms with Gasteiger partial charge in [0.1, 0.15) is 10.7 Å². The van der Waals surface area contributed by atoms with Crippen LogP contribution in [0.4, 0.5) is 0 Å². The molecule has 1 aromatic rings. The van der Waals surface area contributed by atoms with Crippen LogP contribution in [-0.4, -0.2) is 49.3 Å². The van der Waals surface area contributed by atoms with E-state index in [-0.39, 0.29) is 29.6 Å². The topological polar surface area (TPSA) is 43.4 Å². The Balaban J connectivity index is 0.00000128. The van der Waals surface area contributed by atoms with E-state index >= 15 is 0 Å². The van der Waals surface area contributed by atoms with Gasteiger partial charge in [-0.05, 0) is 18.4 Å². The van der Waals surface area contributed by atoms with Crippen LogP contribution in [0.15, 0.2) is 30.3 Å². The van der Waals surface area contributed by atoms with Crippen molar-refractivity contribution in [1.29, 1.82) is 0 Å². The van der Waals surface area contributed by atoms with E-state index in [0.717, 1.165) is 18.4 Å². The Morgan fingerprint density at radius 2 is 1.81 bits per heavy atom. The number of hydrogen-bond acceptors (Lipinski definition) is 3. The Morgan fingerprint density at radius 1 is 1.19 bits per heavy atom. The number of ether oxygens (including phenoxy) is 1. The van der Waals surface area contributed by atoms with Crippen molar-refractivity contribution in [2.45, 2.75) is 24.2 Å². The molecule has 1 fully saturated rings. The fraction of sp³-hybridized carbons (Fsp3) is 0.455. The van der Waals surface area contributed by atoms with E-state index in [1.807, 2.05) is 30.3 Å². The molecule has 1 aliphatic rings. The van der Waals surface area contributed by atoms with Crippen molar-refractivity contribution >= 4 is 40.3 Å². The second kappa shape index (κ2) is 6.17. The van der Waals surface area contributed by atoms with Gasteiger partial charge >= 0.3 is 29.6 Å². The van der Waals surface area contributed by atoms with Crippen molar-refractivity contribution in [1.82, 2.24) is 0 Å². The van der Waals surface area contributed by atoms with Crippen LogP contribution < -0.4 is 0 Å². The summed E-state index contributed by atoms with van der Waals surface area (Å²) in [6, 6.07) is 9.77. The van der Waals surface area contributed by atoms with Gasteiger partial charge in [-0.25, -0.2) is 8.42 Å². The summed E-state index contributed by atoms with van der Waals surface area (Å²) in [7, 11) is -2.34. The minimum absolute atomic E-state index is 0. The molecule has 0 saturated heterocycles. The molecule has 5 heteroatoms. The van der Waals surface area contributed by atoms with E-state index in [9.17, 15) is 8.42 Å². The standard InChI is InChI=1S/C11H14O3S.Na.H/c12-15(13)11(6-7-11)9-14-8-10-4-2-1-3-5-10;;/h1-5,15H,6-9H2;;. The quantitative estimate of drug-likeness (QED) is 0.618. The average Bonchev–Trinajstić information content (AvgIpc) is 3.01. The third-order valence-electron chi connectivity index (χ3n) is 2.70. The van der Waals surface area contributed by atoms with Crippen LogP contribution in [0.3, 0.4) is 0 Å². The van der Waals surface area contributed by atoms with Gasteiger partial charge in [-0.3, -0.25) is 0 Å². The van der Waals surface area contributed by atoms with E-state index in [4.69, 9.17) is 4.74 Å². The first-order chi connectivity index (χ1) is 7.23. The molecule has 0 heterocycles. The van der Waals surface area contributed by atoms with E-state index in [1.54, 1.807) is 0 Å². The molecule has 0 spiro atoms. The predicted molar refractivity (Wildman–Crippen MR) is 65.5 cm³/mol. The fourth-order valence-corrected chi connectivity index (χ4v) is 2.13. The molecule has 0 unspecified atom stereocenters. The van der Waals surface area contributed by atoms with E-state index in [1.165, 1.54) is 0 Å². The molecule has 3 nitrogen and oxygen atoms in total. The summed E-state index contributed by atoms with van der Waals surface area (Å²) in [6.07, 6.45) is 1.50. The Hall–Kier alpha value is 0.130. The molecular weight excluding hydrogens is 235 g/mol. The molecule has 0 amide bonds. The summed E-state index contributed by atoms with van der Waals surface area (Å²) in [4.78, 5) is 0. The Morgan fingerprint density at radius 3 is 2.31 bits per heavy atom. The molecular formula is C11H15NaO3S. The van der Waals surface area contributed by atoms with E-state index in [2.05, 4.69) is 0 Å². The molecule has 1 saturated carbocycles. The van der Waals surface area contributed by atoms with Gasteiger partial charge in [0.05, 0.1) is 18.0 Å². The zero-order valence-corrected chi connectivity index (χ0v) is 9.28. The van der Waals surface area contributed by atoms with Crippen molar-refractivity contribution in [3.05, 3.63) is 35.9 Å². The minimum atomic E-state index is -2.34. The molecule has 1 aliphatic carbocycles. The van der Waals surface area contributed by atoms with Crippen molar-refractivity contribution in [3.8, 4) is 0 Å². The van der Waals surface area contributed by atoms with Gasteiger partial charge in [-0.15, -0.1) is 0 Å². The van der Waals surface area contributed by atoms with Gasteiger partial charge in [0.15, 0.2) is 0 Å². The second-order valence-electron chi connectivity index (χ2n) is 3.96. The molecule has 2 rings (SSSR count). The number of benzene rings is 1. The molecule has 0 N–H and O–H groups in total.